The van der Waals surface area contributed by atoms with Gasteiger partial charge in [-0.05, 0) is 38.5 Å². The molecule has 0 bridgehead atoms. The minimum absolute atomic E-state index is 0.201. The zero-order valence-electron chi connectivity index (χ0n) is 20.7. The number of rotatable bonds is 11. The highest BCUT2D eigenvalue weighted by molar-refractivity contribution is 7.92. The van der Waals surface area contributed by atoms with Gasteiger partial charge in [0.15, 0.2) is 11.5 Å². The Hall–Kier alpha value is -3.34. The van der Waals surface area contributed by atoms with E-state index in [1.807, 2.05) is 6.92 Å². The summed E-state index contributed by atoms with van der Waals surface area (Å²) in [6.07, 6.45) is 0.701. The van der Waals surface area contributed by atoms with Gasteiger partial charge in [0.25, 0.3) is 0 Å². The number of nitrogens with one attached hydrogen (secondary N) is 1. The first-order valence-corrected chi connectivity index (χ1v) is 13.5. The highest BCUT2D eigenvalue weighted by Crippen LogP contribution is 2.35. The standard InChI is InChI=1S/C25H32FN3O6S/c1-4-12-27-25(31)18(3)28(16-19-8-6-7-9-21(19)26)24(30)17-29(36(32,33)5-2)20-10-11-22-23(15-20)35-14-13-34-22/h6-11,15,18H,4-5,12-14,16-17H2,1-3H3,(H,27,31)/t18-/m0/s1. The van der Waals surface area contributed by atoms with E-state index in [1.54, 1.807) is 12.1 Å². The predicted molar refractivity (Wildman–Crippen MR) is 134 cm³/mol. The van der Waals surface area contributed by atoms with Crippen molar-refractivity contribution < 1.29 is 31.9 Å². The smallest absolute Gasteiger partial charge is 0.244 e. The molecule has 0 fully saturated rings. The SMILES string of the molecule is CCCNC(=O)[C@H](C)N(Cc1ccccc1F)C(=O)CN(c1ccc2c(c1)OCCO2)S(=O)(=O)CC. The van der Waals surface area contributed by atoms with E-state index in [9.17, 15) is 22.4 Å². The number of sulfonamides is 1. The molecular formula is C25H32FN3O6S. The van der Waals surface area contributed by atoms with E-state index >= 15 is 0 Å². The van der Waals surface area contributed by atoms with Crippen molar-refractivity contribution >= 4 is 27.5 Å². The maximum absolute atomic E-state index is 14.4. The summed E-state index contributed by atoms with van der Waals surface area (Å²) in [4.78, 5) is 27.5. The van der Waals surface area contributed by atoms with Crippen molar-refractivity contribution in [3.8, 4) is 11.5 Å². The highest BCUT2D eigenvalue weighted by Gasteiger charge is 2.32. The van der Waals surface area contributed by atoms with E-state index in [1.165, 1.54) is 49.1 Å². The van der Waals surface area contributed by atoms with Crippen LogP contribution in [0, 0.1) is 5.82 Å². The molecule has 196 valence electrons. The van der Waals surface area contributed by atoms with Crippen molar-refractivity contribution in [2.75, 3.05) is 36.4 Å². The first-order chi connectivity index (χ1) is 17.2. The number of carbonyl (C=O) groups excluding carboxylic acids is 2. The molecule has 0 unspecified atom stereocenters. The first-order valence-electron chi connectivity index (χ1n) is 11.9. The van der Waals surface area contributed by atoms with Crippen LogP contribution in [0.3, 0.4) is 0 Å². The predicted octanol–water partition coefficient (Wildman–Crippen LogP) is 2.70. The molecule has 3 rings (SSSR count). The average molecular weight is 522 g/mol. The van der Waals surface area contributed by atoms with Crippen molar-refractivity contribution in [3.05, 3.63) is 53.8 Å². The van der Waals surface area contributed by atoms with Crippen LogP contribution in [0.1, 0.15) is 32.8 Å². The number of amides is 2. The molecular weight excluding hydrogens is 489 g/mol. The van der Waals surface area contributed by atoms with E-state index < -0.39 is 40.2 Å². The third-order valence-electron chi connectivity index (χ3n) is 5.81. The Morgan fingerprint density at radius 2 is 1.78 bits per heavy atom. The largest absolute Gasteiger partial charge is 0.486 e. The number of hydrogen-bond donors (Lipinski definition) is 1. The van der Waals surface area contributed by atoms with Gasteiger partial charge in [-0.15, -0.1) is 0 Å². The average Bonchev–Trinajstić information content (AvgIpc) is 2.88. The summed E-state index contributed by atoms with van der Waals surface area (Å²) in [5.41, 5.74) is 0.439. The lowest BCUT2D eigenvalue weighted by Crippen LogP contribution is -2.51. The molecule has 0 saturated heterocycles. The van der Waals surface area contributed by atoms with Crippen molar-refractivity contribution in [1.29, 1.82) is 0 Å². The Kier molecular flexibility index (Phi) is 9.14. The molecule has 0 saturated carbocycles. The third kappa shape index (κ3) is 6.45. The third-order valence-corrected chi connectivity index (χ3v) is 7.55. The van der Waals surface area contributed by atoms with Gasteiger partial charge in [-0.1, -0.05) is 25.1 Å². The topological polar surface area (TPSA) is 105 Å². The van der Waals surface area contributed by atoms with E-state index in [-0.39, 0.29) is 23.5 Å². The van der Waals surface area contributed by atoms with E-state index in [4.69, 9.17) is 9.47 Å². The lowest BCUT2D eigenvalue weighted by Gasteiger charge is -2.32. The van der Waals surface area contributed by atoms with Gasteiger partial charge in [-0.3, -0.25) is 13.9 Å². The Balaban J connectivity index is 1.94. The second kappa shape index (κ2) is 12.1. The molecule has 2 aromatic rings. The molecule has 1 aliphatic heterocycles. The quantitative estimate of drug-likeness (QED) is 0.488. The van der Waals surface area contributed by atoms with Crippen LogP contribution in [-0.4, -0.2) is 63.2 Å². The molecule has 1 atom stereocenters. The van der Waals surface area contributed by atoms with Gasteiger partial charge in [0, 0.05) is 24.7 Å². The number of ether oxygens (including phenoxy) is 2. The normalized spacial score (nSPS) is 13.6. The van der Waals surface area contributed by atoms with Crippen molar-refractivity contribution in [2.24, 2.45) is 0 Å². The zero-order chi connectivity index (χ0) is 26.3. The summed E-state index contributed by atoms with van der Waals surface area (Å²) in [6, 6.07) is 9.61. The summed E-state index contributed by atoms with van der Waals surface area (Å²) in [5, 5.41) is 2.74. The molecule has 0 radical (unpaired) electrons. The highest BCUT2D eigenvalue weighted by atomic mass is 32.2. The van der Waals surface area contributed by atoms with Crippen LogP contribution in [0.15, 0.2) is 42.5 Å². The number of benzene rings is 2. The monoisotopic (exact) mass is 521 g/mol. The van der Waals surface area contributed by atoms with Crippen LogP contribution in [0.25, 0.3) is 0 Å². The van der Waals surface area contributed by atoms with Gasteiger partial charge in [-0.25, -0.2) is 12.8 Å². The molecule has 1 heterocycles. The summed E-state index contributed by atoms with van der Waals surface area (Å²) in [5.74, 6) is -0.990. The maximum Gasteiger partial charge on any atom is 0.244 e. The van der Waals surface area contributed by atoms with Crippen LogP contribution < -0.4 is 19.1 Å². The number of anilines is 1. The van der Waals surface area contributed by atoms with Crippen molar-refractivity contribution in [3.63, 3.8) is 0 Å². The van der Waals surface area contributed by atoms with Crippen LogP contribution in [0.2, 0.25) is 0 Å². The molecule has 9 nitrogen and oxygen atoms in total. The summed E-state index contributed by atoms with van der Waals surface area (Å²) in [6.45, 7) is 5.24. The fourth-order valence-corrected chi connectivity index (χ4v) is 4.75. The fraction of sp³-hybridized carbons (Fsp3) is 0.440. The molecule has 2 aromatic carbocycles. The van der Waals surface area contributed by atoms with Gasteiger partial charge < -0.3 is 19.7 Å². The van der Waals surface area contributed by atoms with Crippen LogP contribution in [0.5, 0.6) is 11.5 Å². The van der Waals surface area contributed by atoms with Crippen molar-refractivity contribution in [1.82, 2.24) is 10.2 Å². The van der Waals surface area contributed by atoms with Crippen LogP contribution in [0.4, 0.5) is 10.1 Å². The minimum atomic E-state index is -3.89. The number of fused-ring (bicyclic) bond motifs is 1. The van der Waals surface area contributed by atoms with Gasteiger partial charge in [0.2, 0.25) is 21.8 Å². The maximum atomic E-state index is 14.4. The molecule has 1 N–H and O–H groups in total. The van der Waals surface area contributed by atoms with E-state index in [2.05, 4.69) is 5.32 Å². The molecule has 1 aliphatic rings. The van der Waals surface area contributed by atoms with Crippen molar-refractivity contribution in [2.45, 2.75) is 39.8 Å². The molecule has 0 aromatic heterocycles. The van der Waals surface area contributed by atoms with Gasteiger partial charge in [-0.2, -0.15) is 0 Å². The zero-order valence-corrected chi connectivity index (χ0v) is 21.5. The number of carbonyl (C=O) groups is 2. The number of hydrogen-bond acceptors (Lipinski definition) is 6. The number of halogens is 1. The molecule has 0 aliphatic carbocycles. The first kappa shape index (κ1) is 27.3. The molecule has 0 spiro atoms. The number of nitrogens with zero attached hydrogens (tertiary/aromatic N) is 2. The summed E-state index contributed by atoms with van der Waals surface area (Å²) in [7, 11) is -3.89. The second-order valence-corrected chi connectivity index (χ2v) is 10.5. The Morgan fingerprint density at radius 1 is 1.08 bits per heavy atom. The minimum Gasteiger partial charge on any atom is -0.486 e. The van der Waals surface area contributed by atoms with Gasteiger partial charge in [0.1, 0.15) is 31.6 Å². The molecule has 36 heavy (non-hydrogen) atoms. The second-order valence-electron chi connectivity index (χ2n) is 8.32. The summed E-state index contributed by atoms with van der Waals surface area (Å²) < 4.78 is 52.6. The molecule has 11 heteroatoms. The van der Waals surface area contributed by atoms with Gasteiger partial charge in [0.05, 0.1) is 11.4 Å². The Labute approximate surface area is 211 Å². The summed E-state index contributed by atoms with van der Waals surface area (Å²) >= 11 is 0. The van der Waals surface area contributed by atoms with Gasteiger partial charge >= 0.3 is 0 Å². The van der Waals surface area contributed by atoms with Crippen LogP contribution >= 0.6 is 0 Å². The lowest BCUT2D eigenvalue weighted by atomic mass is 10.1. The van der Waals surface area contributed by atoms with E-state index in [0.717, 1.165) is 4.31 Å². The Morgan fingerprint density at radius 3 is 2.44 bits per heavy atom. The Bertz CT molecular complexity index is 1190. The lowest BCUT2D eigenvalue weighted by molar-refractivity contribution is -0.139. The van der Waals surface area contributed by atoms with E-state index in [0.29, 0.717) is 37.7 Å². The molecule has 2 amide bonds. The fourth-order valence-electron chi connectivity index (χ4n) is 3.70. The van der Waals surface area contributed by atoms with Crippen LogP contribution in [-0.2, 0) is 26.2 Å².